The van der Waals surface area contributed by atoms with Gasteiger partial charge in [0.2, 0.25) is 11.7 Å². The minimum atomic E-state index is 0.553. The standard InChI is InChI=1S/C13H16.C9H9N3O.C4H10/c1-11(2)5-4-6-13-9-7-12(3)8-10-13;1-2-8-11-9(12-13-8)7-5-3-4-6-10-7;1-4(2)3/h4,6-10H,1,5H2,2-3H3;3-6H,2H2,1H3;4H,1-3H3/b6-4-;;. The quantitative estimate of drug-likeness (QED) is 0.417. The summed E-state index contributed by atoms with van der Waals surface area (Å²) in [5.41, 5.74) is 4.50. The van der Waals surface area contributed by atoms with Crippen LogP contribution in [0.3, 0.4) is 0 Å². The van der Waals surface area contributed by atoms with Crippen LogP contribution in [0.4, 0.5) is 0 Å². The molecule has 2 aromatic heterocycles. The largest absolute Gasteiger partial charge is 0.339 e. The highest BCUT2D eigenvalue weighted by Crippen LogP contribution is 2.11. The fraction of sp³-hybridized carbons (Fsp3) is 0.346. The summed E-state index contributed by atoms with van der Waals surface area (Å²) in [6.45, 7) is 16.5. The maximum absolute atomic E-state index is 4.97. The summed E-state index contributed by atoms with van der Waals surface area (Å²) in [6.07, 6.45) is 7.70. The van der Waals surface area contributed by atoms with Gasteiger partial charge in [-0.25, -0.2) is 0 Å². The molecule has 0 spiro atoms. The monoisotopic (exact) mass is 405 g/mol. The van der Waals surface area contributed by atoms with E-state index in [4.69, 9.17) is 4.52 Å². The molecule has 3 aromatic rings. The lowest BCUT2D eigenvalue weighted by Crippen LogP contribution is -1.84. The van der Waals surface area contributed by atoms with E-state index in [1.807, 2.05) is 32.0 Å². The van der Waals surface area contributed by atoms with Gasteiger partial charge in [0.25, 0.3) is 0 Å². The van der Waals surface area contributed by atoms with Crippen LogP contribution in [-0.4, -0.2) is 15.1 Å². The molecule has 0 unspecified atom stereocenters. The maximum Gasteiger partial charge on any atom is 0.226 e. The lowest BCUT2D eigenvalue weighted by molar-refractivity contribution is 0.382. The highest BCUT2D eigenvalue weighted by Gasteiger charge is 2.06. The zero-order valence-electron chi connectivity index (χ0n) is 19.2. The molecule has 0 radical (unpaired) electrons. The first-order chi connectivity index (χ1) is 14.3. The second kappa shape index (κ2) is 14.0. The Morgan fingerprint density at radius 2 is 1.77 bits per heavy atom. The maximum atomic E-state index is 4.97. The van der Waals surface area contributed by atoms with Crippen molar-refractivity contribution in [1.29, 1.82) is 0 Å². The molecule has 160 valence electrons. The number of aromatic nitrogens is 3. The zero-order valence-corrected chi connectivity index (χ0v) is 19.2. The van der Waals surface area contributed by atoms with E-state index < -0.39 is 0 Å². The molecule has 0 N–H and O–H groups in total. The Morgan fingerprint density at radius 3 is 2.27 bits per heavy atom. The van der Waals surface area contributed by atoms with E-state index in [1.54, 1.807) is 6.20 Å². The lowest BCUT2D eigenvalue weighted by atomic mass is 10.1. The molecular formula is C26H35N3O. The summed E-state index contributed by atoms with van der Waals surface area (Å²) in [5.74, 6) is 2.03. The van der Waals surface area contributed by atoms with Gasteiger partial charge in [-0.15, -0.1) is 0 Å². The first-order valence-corrected chi connectivity index (χ1v) is 10.4. The Balaban J connectivity index is 0.000000256. The Labute approximate surface area is 181 Å². The number of allylic oxidation sites excluding steroid dienone is 2. The van der Waals surface area contributed by atoms with Crippen molar-refractivity contribution in [3.63, 3.8) is 0 Å². The van der Waals surface area contributed by atoms with Crippen LogP contribution in [0, 0.1) is 12.8 Å². The number of pyridine rings is 1. The second-order valence-corrected chi connectivity index (χ2v) is 7.79. The highest BCUT2D eigenvalue weighted by molar-refractivity contribution is 5.50. The molecule has 0 saturated carbocycles. The molecule has 3 rings (SSSR count). The second-order valence-electron chi connectivity index (χ2n) is 7.79. The van der Waals surface area contributed by atoms with Gasteiger partial charge in [-0.1, -0.05) is 93.1 Å². The minimum Gasteiger partial charge on any atom is -0.339 e. The van der Waals surface area contributed by atoms with E-state index in [0.717, 1.165) is 24.5 Å². The van der Waals surface area contributed by atoms with E-state index in [2.05, 4.69) is 85.8 Å². The van der Waals surface area contributed by atoms with Crippen molar-refractivity contribution >= 4 is 6.08 Å². The van der Waals surface area contributed by atoms with E-state index in [1.165, 1.54) is 16.7 Å². The molecule has 2 heterocycles. The fourth-order valence-electron chi connectivity index (χ4n) is 2.07. The summed E-state index contributed by atoms with van der Waals surface area (Å²) in [4.78, 5) is 8.27. The van der Waals surface area contributed by atoms with Crippen LogP contribution < -0.4 is 0 Å². The number of nitrogens with zero attached hydrogens (tertiary/aromatic N) is 3. The number of hydrogen-bond acceptors (Lipinski definition) is 4. The number of aryl methyl sites for hydroxylation is 2. The third-order valence-electron chi connectivity index (χ3n) is 3.52. The van der Waals surface area contributed by atoms with E-state index in [-0.39, 0.29) is 0 Å². The minimum absolute atomic E-state index is 0.553. The molecule has 0 amide bonds. The van der Waals surface area contributed by atoms with Crippen LogP contribution >= 0.6 is 0 Å². The smallest absolute Gasteiger partial charge is 0.226 e. The predicted molar refractivity (Wildman–Crippen MR) is 127 cm³/mol. The first-order valence-electron chi connectivity index (χ1n) is 10.4. The van der Waals surface area contributed by atoms with E-state index >= 15 is 0 Å². The van der Waals surface area contributed by atoms with Gasteiger partial charge in [0.05, 0.1) is 0 Å². The number of rotatable bonds is 5. The lowest BCUT2D eigenvalue weighted by Gasteiger charge is -1.94. The SMILES string of the molecule is C=C(C)C/C=C\c1ccc(C)cc1.CC(C)C.CCc1nc(-c2ccccn2)no1. The van der Waals surface area contributed by atoms with Gasteiger partial charge in [-0.3, -0.25) is 4.98 Å². The van der Waals surface area contributed by atoms with Gasteiger partial charge < -0.3 is 4.52 Å². The molecular weight excluding hydrogens is 370 g/mol. The van der Waals surface area contributed by atoms with Crippen LogP contribution in [0.1, 0.15) is 58.1 Å². The molecule has 4 nitrogen and oxygen atoms in total. The van der Waals surface area contributed by atoms with E-state index in [0.29, 0.717) is 11.7 Å². The Kier molecular flexibility index (Phi) is 11.7. The molecule has 4 heteroatoms. The molecule has 0 fully saturated rings. The fourth-order valence-corrected chi connectivity index (χ4v) is 2.07. The van der Waals surface area contributed by atoms with Gasteiger partial charge in [0.15, 0.2) is 0 Å². The average molecular weight is 406 g/mol. The van der Waals surface area contributed by atoms with Crippen LogP contribution in [0.15, 0.2) is 71.4 Å². The topological polar surface area (TPSA) is 51.8 Å². The van der Waals surface area contributed by atoms with Crippen molar-refractivity contribution in [2.45, 2.75) is 54.4 Å². The average Bonchev–Trinajstić information content (AvgIpc) is 3.19. The molecule has 0 saturated heterocycles. The van der Waals surface area contributed by atoms with Crippen molar-refractivity contribution < 1.29 is 4.52 Å². The van der Waals surface area contributed by atoms with Crippen molar-refractivity contribution in [2.24, 2.45) is 5.92 Å². The predicted octanol–water partition coefficient (Wildman–Crippen LogP) is 7.33. The van der Waals surface area contributed by atoms with Crippen molar-refractivity contribution in [1.82, 2.24) is 15.1 Å². The first kappa shape index (κ1) is 25.0. The normalized spacial score (nSPS) is 10.2. The third kappa shape index (κ3) is 11.1. The number of hydrogen-bond donors (Lipinski definition) is 0. The van der Waals surface area contributed by atoms with E-state index in [9.17, 15) is 0 Å². The van der Waals surface area contributed by atoms with Gasteiger partial charge in [0.1, 0.15) is 5.69 Å². The Hall–Kier alpha value is -3.01. The van der Waals surface area contributed by atoms with Crippen LogP contribution in [0.2, 0.25) is 0 Å². The third-order valence-corrected chi connectivity index (χ3v) is 3.52. The van der Waals surface area contributed by atoms with Crippen LogP contribution in [0.5, 0.6) is 0 Å². The number of benzene rings is 1. The Morgan fingerprint density at radius 1 is 1.10 bits per heavy atom. The Bertz CT molecular complexity index is 875. The summed E-state index contributed by atoms with van der Waals surface area (Å²) in [6, 6.07) is 14.1. The molecule has 1 aromatic carbocycles. The van der Waals surface area contributed by atoms with Crippen molar-refractivity contribution in [2.75, 3.05) is 0 Å². The highest BCUT2D eigenvalue weighted by atomic mass is 16.5. The van der Waals surface area contributed by atoms with Gasteiger partial charge in [-0.05, 0) is 43.9 Å². The zero-order chi connectivity index (χ0) is 22.4. The van der Waals surface area contributed by atoms with Gasteiger partial charge >= 0.3 is 0 Å². The van der Waals surface area contributed by atoms with Crippen LogP contribution in [-0.2, 0) is 6.42 Å². The molecule has 0 bridgehead atoms. The summed E-state index contributed by atoms with van der Waals surface area (Å²) in [7, 11) is 0. The molecule has 30 heavy (non-hydrogen) atoms. The molecule has 0 aliphatic heterocycles. The summed E-state index contributed by atoms with van der Waals surface area (Å²) >= 11 is 0. The summed E-state index contributed by atoms with van der Waals surface area (Å²) in [5, 5.41) is 3.81. The van der Waals surface area contributed by atoms with Crippen molar-refractivity contribution in [3.05, 3.63) is 83.9 Å². The van der Waals surface area contributed by atoms with Gasteiger partial charge in [0, 0.05) is 12.6 Å². The molecule has 0 atom stereocenters. The van der Waals surface area contributed by atoms with Gasteiger partial charge in [-0.2, -0.15) is 4.98 Å². The van der Waals surface area contributed by atoms with Crippen molar-refractivity contribution in [3.8, 4) is 11.5 Å². The summed E-state index contributed by atoms with van der Waals surface area (Å²) < 4.78 is 4.97. The molecule has 0 aliphatic rings. The van der Waals surface area contributed by atoms with Crippen LogP contribution in [0.25, 0.3) is 17.6 Å². The molecule has 0 aliphatic carbocycles.